The van der Waals surface area contributed by atoms with Gasteiger partial charge in [0, 0.05) is 20.1 Å². The van der Waals surface area contributed by atoms with E-state index in [2.05, 4.69) is 21.3 Å². The van der Waals surface area contributed by atoms with Gasteiger partial charge in [-0.05, 0) is 29.9 Å². The van der Waals surface area contributed by atoms with E-state index in [9.17, 15) is 24.0 Å². The van der Waals surface area contributed by atoms with Gasteiger partial charge in [0.25, 0.3) is 0 Å². The molecule has 12 nitrogen and oxygen atoms in total. The Bertz CT molecular complexity index is 1160. The Kier molecular flexibility index (Phi) is 14.5. The van der Waals surface area contributed by atoms with Crippen molar-refractivity contribution < 1.29 is 28.7 Å². The number of nitrogens with one attached hydrogen (secondary N) is 4. The molecular formula is C30H42N6O6. The molecule has 0 aromatic heterocycles. The number of amides is 5. The van der Waals surface area contributed by atoms with Crippen LogP contribution in [0.15, 0.2) is 60.7 Å². The zero-order valence-electron chi connectivity index (χ0n) is 24.4. The molecule has 228 valence electrons. The zero-order valence-corrected chi connectivity index (χ0v) is 24.4. The van der Waals surface area contributed by atoms with Gasteiger partial charge in [0.1, 0.15) is 19.2 Å². The average Bonchev–Trinajstić information content (AvgIpc) is 2.97. The smallest absolute Gasteiger partial charge is 0.410 e. The van der Waals surface area contributed by atoms with Crippen molar-refractivity contribution in [1.29, 1.82) is 0 Å². The summed E-state index contributed by atoms with van der Waals surface area (Å²) >= 11 is 0. The number of hydrogen-bond acceptors (Lipinski definition) is 7. The molecule has 5 amide bonds. The highest BCUT2D eigenvalue weighted by Crippen LogP contribution is 2.07. The Balaban J connectivity index is 1.67. The molecular weight excluding hydrogens is 540 g/mol. The molecule has 0 aliphatic carbocycles. The van der Waals surface area contributed by atoms with Gasteiger partial charge in [-0.25, -0.2) is 4.79 Å². The largest absolute Gasteiger partial charge is 0.445 e. The Morgan fingerprint density at radius 2 is 1.38 bits per heavy atom. The van der Waals surface area contributed by atoms with Crippen molar-refractivity contribution in [2.24, 2.45) is 11.7 Å². The van der Waals surface area contributed by atoms with Gasteiger partial charge in [-0.2, -0.15) is 0 Å². The van der Waals surface area contributed by atoms with Gasteiger partial charge in [-0.3, -0.25) is 19.2 Å². The van der Waals surface area contributed by atoms with E-state index in [0.717, 1.165) is 16.0 Å². The molecule has 2 aromatic carbocycles. The van der Waals surface area contributed by atoms with Crippen LogP contribution >= 0.6 is 0 Å². The standard InChI is InChI=1S/C30H42N6O6/c1-21(2)16-25(35-28(39)24(31)17-22-10-6-4-7-11-22)29(40)34-18-26(37)32-14-15-33-27(38)19-36(3)30(41)42-20-23-12-8-5-9-13-23/h4-13,21,24-25H,14-20,31H2,1-3H3,(H,32,37)(H,33,38)(H,34,40)(H,35,39). The van der Waals surface area contributed by atoms with Crippen molar-refractivity contribution in [3.8, 4) is 0 Å². The van der Waals surface area contributed by atoms with Crippen LogP contribution in [0.25, 0.3) is 0 Å². The Morgan fingerprint density at radius 3 is 1.98 bits per heavy atom. The quantitative estimate of drug-likeness (QED) is 0.181. The fourth-order valence-electron chi connectivity index (χ4n) is 3.86. The maximum atomic E-state index is 12.8. The van der Waals surface area contributed by atoms with Crippen LogP contribution in [0, 0.1) is 5.92 Å². The first-order valence-electron chi connectivity index (χ1n) is 13.9. The molecule has 0 saturated heterocycles. The summed E-state index contributed by atoms with van der Waals surface area (Å²) in [6, 6.07) is 16.8. The van der Waals surface area contributed by atoms with Crippen LogP contribution in [0.3, 0.4) is 0 Å². The predicted molar refractivity (Wildman–Crippen MR) is 158 cm³/mol. The van der Waals surface area contributed by atoms with Gasteiger partial charge in [-0.15, -0.1) is 0 Å². The predicted octanol–water partition coefficient (Wildman–Crippen LogP) is 0.705. The van der Waals surface area contributed by atoms with Crippen molar-refractivity contribution in [2.75, 3.05) is 33.2 Å². The third-order valence-electron chi connectivity index (χ3n) is 6.07. The van der Waals surface area contributed by atoms with Crippen LogP contribution in [0.2, 0.25) is 0 Å². The van der Waals surface area contributed by atoms with E-state index in [4.69, 9.17) is 10.5 Å². The molecule has 0 radical (unpaired) electrons. The van der Waals surface area contributed by atoms with Crippen LogP contribution in [-0.2, 0) is 36.9 Å². The summed E-state index contributed by atoms with van der Waals surface area (Å²) in [6.07, 6.45) is 0.0662. The van der Waals surface area contributed by atoms with Gasteiger partial charge in [-0.1, -0.05) is 74.5 Å². The topological polar surface area (TPSA) is 172 Å². The second-order valence-corrected chi connectivity index (χ2v) is 10.3. The number of rotatable bonds is 16. The minimum Gasteiger partial charge on any atom is -0.445 e. The molecule has 0 spiro atoms. The van der Waals surface area contributed by atoms with E-state index in [-0.39, 0.29) is 38.7 Å². The summed E-state index contributed by atoms with van der Waals surface area (Å²) in [5, 5.41) is 10.4. The number of hydrogen-bond donors (Lipinski definition) is 5. The van der Waals surface area contributed by atoms with E-state index in [1.54, 1.807) is 0 Å². The molecule has 2 atom stereocenters. The normalized spacial score (nSPS) is 12.0. The highest BCUT2D eigenvalue weighted by molar-refractivity contribution is 5.92. The molecule has 2 aromatic rings. The summed E-state index contributed by atoms with van der Waals surface area (Å²) in [5.74, 6) is -1.72. The van der Waals surface area contributed by atoms with Gasteiger partial charge < -0.3 is 36.6 Å². The minimum absolute atomic E-state index is 0.0978. The second kappa shape index (κ2) is 18.1. The summed E-state index contributed by atoms with van der Waals surface area (Å²) in [6.45, 7) is 3.66. The molecule has 0 heterocycles. The van der Waals surface area contributed by atoms with E-state index in [1.807, 2.05) is 74.5 Å². The lowest BCUT2D eigenvalue weighted by atomic mass is 10.0. The summed E-state index contributed by atoms with van der Waals surface area (Å²) in [5.41, 5.74) is 7.79. The molecule has 6 N–H and O–H groups in total. The second-order valence-electron chi connectivity index (χ2n) is 10.3. The van der Waals surface area contributed by atoms with E-state index >= 15 is 0 Å². The molecule has 0 aliphatic rings. The van der Waals surface area contributed by atoms with Crippen LogP contribution in [0.1, 0.15) is 31.4 Å². The fraction of sp³-hybridized carbons (Fsp3) is 0.433. The van der Waals surface area contributed by atoms with Gasteiger partial charge in [0.2, 0.25) is 23.6 Å². The lowest BCUT2D eigenvalue weighted by Gasteiger charge is -2.22. The monoisotopic (exact) mass is 582 g/mol. The van der Waals surface area contributed by atoms with Crippen molar-refractivity contribution in [2.45, 2.75) is 45.4 Å². The van der Waals surface area contributed by atoms with Crippen molar-refractivity contribution in [1.82, 2.24) is 26.2 Å². The van der Waals surface area contributed by atoms with Crippen LogP contribution in [0.5, 0.6) is 0 Å². The maximum Gasteiger partial charge on any atom is 0.410 e. The van der Waals surface area contributed by atoms with Crippen molar-refractivity contribution in [3.63, 3.8) is 0 Å². The van der Waals surface area contributed by atoms with E-state index in [0.29, 0.717) is 12.8 Å². The number of carbonyl (C=O) groups excluding carboxylic acids is 5. The maximum absolute atomic E-state index is 12.8. The van der Waals surface area contributed by atoms with E-state index in [1.165, 1.54) is 7.05 Å². The number of carbonyl (C=O) groups is 5. The van der Waals surface area contributed by atoms with Crippen molar-refractivity contribution >= 4 is 29.7 Å². The number of nitrogens with two attached hydrogens (primary N) is 1. The molecule has 12 heteroatoms. The molecule has 0 saturated carbocycles. The molecule has 0 bridgehead atoms. The van der Waals surface area contributed by atoms with Crippen LogP contribution in [-0.4, -0.2) is 79.9 Å². The molecule has 2 rings (SSSR count). The molecule has 2 unspecified atom stereocenters. The van der Waals surface area contributed by atoms with Crippen LogP contribution in [0.4, 0.5) is 4.79 Å². The first-order valence-corrected chi connectivity index (χ1v) is 13.9. The van der Waals surface area contributed by atoms with Gasteiger partial charge >= 0.3 is 6.09 Å². The summed E-state index contributed by atoms with van der Waals surface area (Å²) in [7, 11) is 1.45. The summed E-state index contributed by atoms with van der Waals surface area (Å²) in [4.78, 5) is 63.0. The van der Waals surface area contributed by atoms with Crippen LogP contribution < -0.4 is 27.0 Å². The Labute approximate surface area is 246 Å². The van der Waals surface area contributed by atoms with Gasteiger partial charge in [0.15, 0.2) is 0 Å². The SMILES string of the molecule is CC(C)CC(NC(=O)C(N)Cc1ccccc1)C(=O)NCC(=O)NCCNC(=O)CN(C)C(=O)OCc1ccccc1. The molecule has 42 heavy (non-hydrogen) atoms. The lowest BCUT2D eigenvalue weighted by molar-refractivity contribution is -0.131. The highest BCUT2D eigenvalue weighted by atomic mass is 16.6. The first kappa shape index (κ1) is 33.8. The summed E-state index contributed by atoms with van der Waals surface area (Å²) < 4.78 is 5.17. The first-order chi connectivity index (χ1) is 20.0. The lowest BCUT2D eigenvalue weighted by Crippen LogP contribution is -2.53. The average molecular weight is 583 g/mol. The third kappa shape index (κ3) is 13.3. The Hall–Kier alpha value is -4.45. The number of likely N-dealkylation sites (N-methyl/N-ethyl adjacent to an activating group) is 1. The molecule has 0 aliphatic heterocycles. The minimum atomic E-state index is -0.845. The zero-order chi connectivity index (χ0) is 30.9. The van der Waals surface area contributed by atoms with Crippen molar-refractivity contribution in [3.05, 3.63) is 71.8 Å². The van der Waals surface area contributed by atoms with E-state index < -0.39 is 41.8 Å². The van der Waals surface area contributed by atoms with Gasteiger partial charge in [0.05, 0.1) is 12.6 Å². The fourth-order valence-corrected chi connectivity index (χ4v) is 3.86. The molecule has 0 fully saturated rings. The number of ether oxygens (including phenoxy) is 1. The highest BCUT2D eigenvalue weighted by Gasteiger charge is 2.25. The Morgan fingerprint density at radius 1 is 0.810 bits per heavy atom. The number of benzene rings is 2. The third-order valence-corrected chi connectivity index (χ3v) is 6.07. The number of nitrogens with zero attached hydrogens (tertiary/aromatic N) is 1.